The number of rotatable bonds is 5. The highest BCUT2D eigenvalue weighted by Gasteiger charge is 2.25. The van der Waals surface area contributed by atoms with Crippen LogP contribution in [-0.2, 0) is 6.54 Å². The lowest BCUT2D eigenvalue weighted by molar-refractivity contribution is 0.192. The van der Waals surface area contributed by atoms with Gasteiger partial charge in [-0.25, -0.2) is 4.63 Å². The van der Waals surface area contributed by atoms with E-state index >= 15 is 0 Å². The van der Waals surface area contributed by atoms with Gasteiger partial charge in [0.05, 0.1) is 0 Å². The van der Waals surface area contributed by atoms with Gasteiger partial charge in [-0.2, -0.15) is 0 Å². The van der Waals surface area contributed by atoms with E-state index < -0.39 is 0 Å². The molecule has 0 aromatic carbocycles. The van der Waals surface area contributed by atoms with Crippen molar-refractivity contribution >= 4 is 0 Å². The van der Waals surface area contributed by atoms with Gasteiger partial charge in [0, 0.05) is 13.2 Å². The Morgan fingerprint density at radius 2 is 2.19 bits per heavy atom. The van der Waals surface area contributed by atoms with Crippen LogP contribution in [0.2, 0.25) is 0 Å². The van der Waals surface area contributed by atoms with Gasteiger partial charge in [0.15, 0.2) is 0 Å². The molecule has 1 heterocycles. The van der Waals surface area contributed by atoms with Crippen molar-refractivity contribution in [2.24, 2.45) is 11.8 Å². The largest absolute Gasteiger partial charge is 0.396 e. The molecule has 5 nitrogen and oxygen atoms in total. The molecule has 16 heavy (non-hydrogen) atoms. The first kappa shape index (κ1) is 11.5. The third-order valence-electron chi connectivity index (χ3n) is 3.50. The SMILES string of the molecule is Cc1nonc1CNCC1CCCC1CO. The van der Waals surface area contributed by atoms with Gasteiger partial charge in [-0.05, 0) is 38.1 Å². The number of nitrogens with one attached hydrogen (secondary N) is 1. The second kappa shape index (κ2) is 5.41. The van der Waals surface area contributed by atoms with E-state index in [4.69, 9.17) is 0 Å². The number of aliphatic hydroxyl groups is 1. The molecule has 1 aromatic rings. The molecule has 0 saturated heterocycles. The van der Waals surface area contributed by atoms with Crippen LogP contribution < -0.4 is 5.32 Å². The van der Waals surface area contributed by atoms with Crippen LogP contribution in [0, 0.1) is 18.8 Å². The van der Waals surface area contributed by atoms with Gasteiger partial charge in [-0.3, -0.25) is 0 Å². The molecule has 0 spiro atoms. The van der Waals surface area contributed by atoms with Crippen LogP contribution in [-0.4, -0.2) is 28.6 Å². The van der Waals surface area contributed by atoms with Crippen molar-refractivity contribution in [3.8, 4) is 0 Å². The molecule has 1 saturated carbocycles. The Balaban J connectivity index is 1.74. The van der Waals surface area contributed by atoms with Crippen LogP contribution in [0.4, 0.5) is 0 Å². The van der Waals surface area contributed by atoms with E-state index in [0.29, 0.717) is 25.0 Å². The van der Waals surface area contributed by atoms with E-state index in [-0.39, 0.29) is 0 Å². The third-order valence-corrected chi connectivity index (χ3v) is 3.50. The summed E-state index contributed by atoms with van der Waals surface area (Å²) in [7, 11) is 0. The van der Waals surface area contributed by atoms with Crippen molar-refractivity contribution in [1.29, 1.82) is 0 Å². The molecule has 0 amide bonds. The number of aromatic nitrogens is 2. The van der Waals surface area contributed by atoms with Crippen LogP contribution in [0.15, 0.2) is 4.63 Å². The van der Waals surface area contributed by atoms with Gasteiger partial charge in [0.2, 0.25) is 0 Å². The Morgan fingerprint density at radius 1 is 1.38 bits per heavy atom. The van der Waals surface area contributed by atoms with Crippen LogP contribution in [0.3, 0.4) is 0 Å². The smallest absolute Gasteiger partial charge is 0.121 e. The molecule has 1 aliphatic carbocycles. The average molecular weight is 225 g/mol. The first-order valence-corrected chi connectivity index (χ1v) is 5.91. The van der Waals surface area contributed by atoms with Crippen molar-refractivity contribution in [3.63, 3.8) is 0 Å². The predicted molar refractivity (Wildman–Crippen MR) is 58.7 cm³/mol. The zero-order chi connectivity index (χ0) is 11.4. The molecule has 0 aliphatic heterocycles. The van der Waals surface area contributed by atoms with Crippen LogP contribution >= 0.6 is 0 Å². The first-order chi connectivity index (χ1) is 7.81. The van der Waals surface area contributed by atoms with Gasteiger partial charge in [0.1, 0.15) is 11.4 Å². The highest BCUT2D eigenvalue weighted by Crippen LogP contribution is 2.30. The second-order valence-electron chi connectivity index (χ2n) is 4.56. The van der Waals surface area contributed by atoms with Crippen LogP contribution in [0.5, 0.6) is 0 Å². The Hall–Kier alpha value is -0.940. The Bertz CT molecular complexity index is 327. The highest BCUT2D eigenvalue weighted by atomic mass is 16.6. The molecule has 1 aliphatic rings. The average Bonchev–Trinajstić information content (AvgIpc) is 2.88. The summed E-state index contributed by atoms with van der Waals surface area (Å²) in [5.74, 6) is 1.08. The van der Waals surface area contributed by atoms with Gasteiger partial charge in [-0.15, -0.1) is 0 Å². The lowest BCUT2D eigenvalue weighted by atomic mass is 9.97. The quantitative estimate of drug-likeness (QED) is 0.778. The summed E-state index contributed by atoms with van der Waals surface area (Å²) >= 11 is 0. The molecule has 0 bridgehead atoms. The summed E-state index contributed by atoms with van der Waals surface area (Å²) in [6, 6.07) is 0. The topological polar surface area (TPSA) is 71.2 Å². The number of nitrogens with zero attached hydrogens (tertiary/aromatic N) is 2. The molecule has 1 aromatic heterocycles. The van der Waals surface area contributed by atoms with Gasteiger partial charge < -0.3 is 10.4 Å². The second-order valence-corrected chi connectivity index (χ2v) is 4.56. The predicted octanol–water partition coefficient (Wildman–Crippen LogP) is 0.876. The molecule has 0 radical (unpaired) electrons. The summed E-state index contributed by atoms with van der Waals surface area (Å²) in [6.07, 6.45) is 3.61. The number of hydrogen-bond donors (Lipinski definition) is 2. The minimum Gasteiger partial charge on any atom is -0.396 e. The number of hydrogen-bond acceptors (Lipinski definition) is 5. The van der Waals surface area contributed by atoms with Crippen LogP contribution in [0.25, 0.3) is 0 Å². The highest BCUT2D eigenvalue weighted by molar-refractivity contribution is 5.03. The zero-order valence-corrected chi connectivity index (χ0v) is 9.65. The van der Waals surface area contributed by atoms with Gasteiger partial charge in [0.25, 0.3) is 0 Å². The summed E-state index contributed by atoms with van der Waals surface area (Å²) in [4.78, 5) is 0. The van der Waals surface area contributed by atoms with E-state index in [1.165, 1.54) is 12.8 Å². The molecule has 1 fully saturated rings. The summed E-state index contributed by atoms with van der Waals surface area (Å²) < 4.78 is 4.63. The number of aryl methyl sites for hydroxylation is 1. The molecule has 2 atom stereocenters. The molecule has 2 rings (SSSR count). The van der Waals surface area contributed by atoms with Crippen LogP contribution in [0.1, 0.15) is 30.7 Å². The van der Waals surface area contributed by atoms with E-state index in [2.05, 4.69) is 20.3 Å². The molecular weight excluding hydrogens is 206 g/mol. The zero-order valence-electron chi connectivity index (χ0n) is 9.65. The third kappa shape index (κ3) is 2.59. The maximum absolute atomic E-state index is 9.20. The molecule has 2 N–H and O–H groups in total. The summed E-state index contributed by atoms with van der Waals surface area (Å²) in [5, 5.41) is 20.1. The monoisotopic (exact) mass is 225 g/mol. The molecule has 5 heteroatoms. The molecule has 2 unspecified atom stereocenters. The van der Waals surface area contributed by atoms with E-state index in [1.807, 2.05) is 6.92 Å². The summed E-state index contributed by atoms with van der Waals surface area (Å²) in [6.45, 7) is 3.85. The minimum absolute atomic E-state index is 0.316. The number of aliphatic hydroxyl groups excluding tert-OH is 1. The Kier molecular flexibility index (Phi) is 3.90. The maximum Gasteiger partial charge on any atom is 0.121 e. The Morgan fingerprint density at radius 3 is 2.88 bits per heavy atom. The van der Waals surface area contributed by atoms with Crippen molar-refractivity contribution in [3.05, 3.63) is 11.4 Å². The lowest BCUT2D eigenvalue weighted by Gasteiger charge is -2.17. The van der Waals surface area contributed by atoms with Crippen molar-refractivity contribution < 1.29 is 9.74 Å². The van der Waals surface area contributed by atoms with E-state index in [9.17, 15) is 5.11 Å². The fraction of sp³-hybridized carbons (Fsp3) is 0.818. The summed E-state index contributed by atoms with van der Waals surface area (Å²) in [5.41, 5.74) is 1.72. The maximum atomic E-state index is 9.20. The first-order valence-electron chi connectivity index (χ1n) is 5.91. The Labute approximate surface area is 95.2 Å². The van der Waals surface area contributed by atoms with Crippen molar-refractivity contribution in [1.82, 2.24) is 15.6 Å². The molecule has 90 valence electrons. The van der Waals surface area contributed by atoms with Gasteiger partial charge in [-0.1, -0.05) is 16.7 Å². The lowest BCUT2D eigenvalue weighted by Crippen LogP contribution is -2.26. The van der Waals surface area contributed by atoms with Crippen molar-refractivity contribution in [2.45, 2.75) is 32.7 Å². The minimum atomic E-state index is 0.316. The fourth-order valence-electron chi connectivity index (χ4n) is 2.41. The van der Waals surface area contributed by atoms with Gasteiger partial charge >= 0.3 is 0 Å². The normalized spacial score (nSPS) is 25.1. The molecular formula is C11H19N3O2. The van der Waals surface area contributed by atoms with E-state index in [0.717, 1.165) is 24.4 Å². The standard InChI is InChI=1S/C11H19N3O2/c1-8-11(14-16-13-8)6-12-5-9-3-2-4-10(9)7-15/h9-10,12,15H,2-7H2,1H3. The fourth-order valence-corrected chi connectivity index (χ4v) is 2.41. The van der Waals surface area contributed by atoms with Crippen molar-refractivity contribution in [2.75, 3.05) is 13.2 Å². The van der Waals surface area contributed by atoms with E-state index in [1.54, 1.807) is 0 Å².